The average Bonchev–Trinajstić information content (AvgIpc) is 2.86. The van der Waals surface area contributed by atoms with Crippen molar-refractivity contribution in [1.82, 2.24) is 10.3 Å². The molecule has 5 heteroatoms. The number of nitrogens with one attached hydrogen (secondary N) is 1. The van der Waals surface area contributed by atoms with Crippen LogP contribution in [0.25, 0.3) is 0 Å². The zero-order valence-corrected chi connectivity index (χ0v) is 11.8. The van der Waals surface area contributed by atoms with Crippen molar-refractivity contribution in [2.45, 2.75) is 26.4 Å². The maximum absolute atomic E-state index is 11.5. The Morgan fingerprint density at radius 1 is 1.55 bits per heavy atom. The summed E-state index contributed by atoms with van der Waals surface area (Å²) in [7, 11) is 1.36. The molecule has 5 nitrogen and oxygen atoms in total. The van der Waals surface area contributed by atoms with E-state index in [9.17, 15) is 4.79 Å². The first-order chi connectivity index (χ1) is 9.61. The number of carbonyl (C=O) groups is 1. The molecule has 1 atom stereocenters. The van der Waals surface area contributed by atoms with Crippen LogP contribution in [-0.4, -0.2) is 18.1 Å². The molecule has 0 aliphatic carbocycles. The first-order valence-electron chi connectivity index (χ1n) is 6.42. The van der Waals surface area contributed by atoms with E-state index in [-0.39, 0.29) is 12.0 Å². The molecule has 0 saturated heterocycles. The summed E-state index contributed by atoms with van der Waals surface area (Å²) in [5.74, 6) is 0.902. The summed E-state index contributed by atoms with van der Waals surface area (Å²) < 4.78 is 10.2. The highest BCUT2D eigenvalue weighted by Crippen LogP contribution is 2.17. The van der Waals surface area contributed by atoms with Gasteiger partial charge >= 0.3 is 5.97 Å². The molecular weight excluding hydrogens is 256 g/mol. The number of pyridine rings is 1. The Balaban J connectivity index is 1.99. The molecule has 20 heavy (non-hydrogen) atoms. The maximum atomic E-state index is 11.5. The number of ether oxygens (including phenoxy) is 1. The molecule has 2 aromatic rings. The third kappa shape index (κ3) is 3.24. The van der Waals surface area contributed by atoms with Gasteiger partial charge in [-0.2, -0.15) is 0 Å². The SMILES string of the molecule is COC(=O)c1cc(CN[C@@H](C)c2cccnc2)oc1C. The summed E-state index contributed by atoms with van der Waals surface area (Å²) >= 11 is 0. The van der Waals surface area contributed by atoms with E-state index in [4.69, 9.17) is 9.15 Å². The van der Waals surface area contributed by atoms with Gasteiger partial charge in [0.05, 0.1) is 13.7 Å². The zero-order valence-electron chi connectivity index (χ0n) is 11.8. The summed E-state index contributed by atoms with van der Waals surface area (Å²) in [6, 6.07) is 5.78. The molecule has 0 unspecified atom stereocenters. The molecule has 0 aliphatic rings. The van der Waals surface area contributed by atoms with E-state index in [1.54, 1.807) is 19.2 Å². The highest BCUT2D eigenvalue weighted by Gasteiger charge is 2.15. The highest BCUT2D eigenvalue weighted by atomic mass is 16.5. The lowest BCUT2D eigenvalue weighted by Crippen LogP contribution is -2.17. The van der Waals surface area contributed by atoms with Crippen molar-refractivity contribution in [2.75, 3.05) is 7.11 Å². The zero-order chi connectivity index (χ0) is 14.5. The second-order valence-corrected chi connectivity index (χ2v) is 4.56. The van der Waals surface area contributed by atoms with E-state index in [0.29, 0.717) is 23.6 Å². The van der Waals surface area contributed by atoms with E-state index in [0.717, 1.165) is 5.56 Å². The second-order valence-electron chi connectivity index (χ2n) is 4.56. The largest absolute Gasteiger partial charge is 0.465 e. The van der Waals surface area contributed by atoms with E-state index in [1.165, 1.54) is 7.11 Å². The number of aryl methyl sites for hydroxylation is 1. The minimum Gasteiger partial charge on any atom is -0.465 e. The number of rotatable bonds is 5. The van der Waals surface area contributed by atoms with Gasteiger partial charge in [-0.1, -0.05) is 6.07 Å². The quantitative estimate of drug-likeness (QED) is 0.849. The van der Waals surface area contributed by atoms with Crippen molar-refractivity contribution in [3.05, 3.63) is 53.2 Å². The molecule has 0 amide bonds. The second kappa shape index (κ2) is 6.34. The van der Waals surface area contributed by atoms with Crippen LogP contribution in [-0.2, 0) is 11.3 Å². The topological polar surface area (TPSA) is 64.4 Å². The molecule has 2 rings (SSSR count). The number of esters is 1. The molecule has 0 aromatic carbocycles. The van der Waals surface area contributed by atoms with Crippen LogP contribution in [0.5, 0.6) is 0 Å². The van der Waals surface area contributed by atoms with Crippen LogP contribution in [0.3, 0.4) is 0 Å². The number of hydrogen-bond donors (Lipinski definition) is 1. The van der Waals surface area contributed by atoms with Gasteiger partial charge in [-0.3, -0.25) is 4.98 Å². The summed E-state index contributed by atoms with van der Waals surface area (Å²) in [4.78, 5) is 15.6. The van der Waals surface area contributed by atoms with Gasteiger partial charge < -0.3 is 14.5 Å². The molecule has 0 radical (unpaired) electrons. The molecule has 0 fully saturated rings. The van der Waals surface area contributed by atoms with Crippen LogP contribution in [0, 0.1) is 6.92 Å². The number of carbonyl (C=O) groups excluding carboxylic acids is 1. The van der Waals surface area contributed by atoms with Crippen LogP contribution >= 0.6 is 0 Å². The lowest BCUT2D eigenvalue weighted by atomic mass is 10.1. The fraction of sp³-hybridized carbons (Fsp3) is 0.333. The number of aromatic nitrogens is 1. The van der Waals surface area contributed by atoms with Crippen molar-refractivity contribution in [3.8, 4) is 0 Å². The Hall–Kier alpha value is -2.14. The number of hydrogen-bond acceptors (Lipinski definition) is 5. The van der Waals surface area contributed by atoms with Crippen molar-refractivity contribution >= 4 is 5.97 Å². The predicted octanol–water partition coefficient (Wildman–Crippen LogP) is 2.62. The Bertz CT molecular complexity index is 578. The van der Waals surface area contributed by atoms with Gasteiger partial charge in [0.2, 0.25) is 0 Å². The van der Waals surface area contributed by atoms with E-state index < -0.39 is 0 Å². The Morgan fingerprint density at radius 3 is 3.00 bits per heavy atom. The highest BCUT2D eigenvalue weighted by molar-refractivity contribution is 5.90. The Kier molecular flexibility index (Phi) is 4.53. The molecule has 0 aliphatic heterocycles. The number of methoxy groups -OCH3 is 1. The molecule has 0 saturated carbocycles. The normalized spacial score (nSPS) is 12.2. The Morgan fingerprint density at radius 2 is 2.35 bits per heavy atom. The van der Waals surface area contributed by atoms with Gasteiger partial charge in [-0.05, 0) is 31.5 Å². The van der Waals surface area contributed by atoms with Crippen molar-refractivity contribution in [2.24, 2.45) is 0 Å². The monoisotopic (exact) mass is 274 g/mol. The maximum Gasteiger partial charge on any atom is 0.341 e. The van der Waals surface area contributed by atoms with Crippen molar-refractivity contribution in [1.29, 1.82) is 0 Å². The lowest BCUT2D eigenvalue weighted by molar-refractivity contribution is 0.0599. The van der Waals surface area contributed by atoms with E-state index in [1.807, 2.05) is 25.3 Å². The van der Waals surface area contributed by atoms with Gasteiger partial charge in [-0.15, -0.1) is 0 Å². The number of furan rings is 1. The number of nitrogens with zero attached hydrogens (tertiary/aromatic N) is 1. The molecule has 2 heterocycles. The first kappa shape index (κ1) is 14.3. The van der Waals surface area contributed by atoms with Gasteiger partial charge in [0.25, 0.3) is 0 Å². The molecule has 106 valence electrons. The smallest absolute Gasteiger partial charge is 0.341 e. The average molecular weight is 274 g/mol. The third-order valence-electron chi connectivity index (χ3n) is 3.14. The van der Waals surface area contributed by atoms with Crippen LogP contribution < -0.4 is 5.32 Å². The standard InChI is InChI=1S/C15H18N2O3/c1-10(12-5-4-6-16-8-12)17-9-13-7-14(11(2)20-13)15(18)19-3/h4-8,10,17H,9H2,1-3H3/t10-/m0/s1. The van der Waals surface area contributed by atoms with Crippen LogP contribution in [0.2, 0.25) is 0 Å². The summed E-state index contributed by atoms with van der Waals surface area (Å²) in [5, 5.41) is 3.33. The van der Waals surface area contributed by atoms with Gasteiger partial charge in [0.15, 0.2) is 0 Å². The summed E-state index contributed by atoms with van der Waals surface area (Å²) in [6.45, 7) is 4.34. The summed E-state index contributed by atoms with van der Waals surface area (Å²) in [5.41, 5.74) is 1.57. The molecule has 2 aromatic heterocycles. The van der Waals surface area contributed by atoms with E-state index in [2.05, 4.69) is 10.3 Å². The van der Waals surface area contributed by atoms with Gasteiger partial charge in [-0.25, -0.2) is 4.79 Å². The molecule has 1 N–H and O–H groups in total. The minimum absolute atomic E-state index is 0.149. The molecule has 0 spiro atoms. The predicted molar refractivity (Wildman–Crippen MR) is 74.3 cm³/mol. The minimum atomic E-state index is -0.377. The van der Waals surface area contributed by atoms with E-state index >= 15 is 0 Å². The lowest BCUT2D eigenvalue weighted by Gasteiger charge is -2.12. The third-order valence-corrected chi connectivity index (χ3v) is 3.14. The van der Waals surface area contributed by atoms with Crippen LogP contribution in [0.15, 0.2) is 35.0 Å². The molecule has 0 bridgehead atoms. The molecular formula is C15H18N2O3. The van der Waals surface area contributed by atoms with Gasteiger partial charge in [0, 0.05) is 18.4 Å². The van der Waals surface area contributed by atoms with Crippen molar-refractivity contribution < 1.29 is 13.9 Å². The van der Waals surface area contributed by atoms with Crippen LogP contribution in [0.1, 0.15) is 40.4 Å². The first-order valence-corrected chi connectivity index (χ1v) is 6.42. The fourth-order valence-electron chi connectivity index (χ4n) is 1.95. The van der Waals surface area contributed by atoms with Gasteiger partial charge in [0.1, 0.15) is 17.1 Å². The summed E-state index contributed by atoms with van der Waals surface area (Å²) in [6.07, 6.45) is 3.57. The van der Waals surface area contributed by atoms with Crippen LogP contribution in [0.4, 0.5) is 0 Å². The van der Waals surface area contributed by atoms with Crippen molar-refractivity contribution in [3.63, 3.8) is 0 Å². The Labute approximate surface area is 118 Å². The fourth-order valence-corrected chi connectivity index (χ4v) is 1.95.